The van der Waals surface area contributed by atoms with Gasteiger partial charge in [0.05, 0.1) is 11.0 Å². The highest BCUT2D eigenvalue weighted by Gasteiger charge is 2.30. The Bertz CT molecular complexity index is 197. The highest BCUT2D eigenvalue weighted by atomic mass is 32.2. The Morgan fingerprint density at radius 2 is 2.08 bits per heavy atom. The first-order valence-electron chi connectivity index (χ1n) is 4.60. The summed E-state index contributed by atoms with van der Waals surface area (Å²) in [5.41, 5.74) is 0. The molecule has 2 fully saturated rings. The summed E-state index contributed by atoms with van der Waals surface area (Å²) in [6.45, 7) is 1.97. The SMILES string of the molecule is CS(=O)N1CCC2CCC(C1)N2. The molecule has 12 heavy (non-hydrogen) atoms. The highest BCUT2D eigenvalue weighted by molar-refractivity contribution is 7.81. The topological polar surface area (TPSA) is 32.3 Å². The third kappa shape index (κ3) is 1.70. The molecule has 2 aliphatic rings. The van der Waals surface area contributed by atoms with Gasteiger partial charge in [-0.1, -0.05) is 0 Å². The normalized spacial score (nSPS) is 39.4. The molecule has 0 aromatic carbocycles. The zero-order valence-electron chi connectivity index (χ0n) is 7.45. The molecule has 3 atom stereocenters. The van der Waals surface area contributed by atoms with Crippen LogP contribution >= 0.6 is 0 Å². The molecule has 2 rings (SSSR count). The molecule has 0 radical (unpaired) electrons. The van der Waals surface area contributed by atoms with Gasteiger partial charge in [0, 0.05) is 31.4 Å². The Hall–Kier alpha value is 0.0700. The van der Waals surface area contributed by atoms with Crippen molar-refractivity contribution in [2.24, 2.45) is 0 Å². The first-order chi connectivity index (χ1) is 5.75. The molecular weight excluding hydrogens is 172 g/mol. The molecule has 0 aromatic heterocycles. The van der Waals surface area contributed by atoms with E-state index >= 15 is 0 Å². The molecule has 2 bridgehead atoms. The van der Waals surface area contributed by atoms with Crippen molar-refractivity contribution >= 4 is 11.0 Å². The van der Waals surface area contributed by atoms with Crippen LogP contribution < -0.4 is 5.32 Å². The van der Waals surface area contributed by atoms with Crippen LogP contribution in [0.25, 0.3) is 0 Å². The van der Waals surface area contributed by atoms with E-state index in [9.17, 15) is 4.21 Å². The summed E-state index contributed by atoms with van der Waals surface area (Å²) in [7, 11) is -0.772. The molecule has 0 amide bonds. The Morgan fingerprint density at radius 3 is 2.83 bits per heavy atom. The van der Waals surface area contributed by atoms with Crippen LogP contribution in [0.5, 0.6) is 0 Å². The van der Waals surface area contributed by atoms with Crippen molar-refractivity contribution in [3.8, 4) is 0 Å². The van der Waals surface area contributed by atoms with Crippen LogP contribution in [0.3, 0.4) is 0 Å². The minimum absolute atomic E-state index is 0.599. The fraction of sp³-hybridized carbons (Fsp3) is 1.00. The largest absolute Gasteiger partial charge is 0.310 e. The van der Waals surface area contributed by atoms with E-state index in [4.69, 9.17) is 0 Å². The molecule has 2 saturated heterocycles. The quantitative estimate of drug-likeness (QED) is 0.633. The number of hydrogen-bond donors (Lipinski definition) is 1. The third-order valence-electron chi connectivity index (χ3n) is 2.85. The summed E-state index contributed by atoms with van der Waals surface area (Å²) in [5.74, 6) is 0. The second-order valence-electron chi connectivity index (χ2n) is 3.74. The predicted octanol–water partition coefficient (Wildman–Crippen LogP) is 0.106. The summed E-state index contributed by atoms with van der Waals surface area (Å²) in [4.78, 5) is 0. The van der Waals surface area contributed by atoms with Gasteiger partial charge in [-0.05, 0) is 19.3 Å². The predicted molar refractivity (Wildman–Crippen MR) is 50.2 cm³/mol. The van der Waals surface area contributed by atoms with Gasteiger partial charge in [0.2, 0.25) is 0 Å². The van der Waals surface area contributed by atoms with Crippen LogP contribution in [0.2, 0.25) is 0 Å². The smallest absolute Gasteiger partial charge is 0.0911 e. The lowest BCUT2D eigenvalue weighted by Crippen LogP contribution is -2.35. The summed E-state index contributed by atoms with van der Waals surface area (Å²) in [6.07, 6.45) is 5.52. The molecule has 4 heteroatoms. The van der Waals surface area contributed by atoms with Gasteiger partial charge in [-0.2, -0.15) is 0 Å². The van der Waals surface area contributed by atoms with Crippen LogP contribution in [0.15, 0.2) is 0 Å². The fourth-order valence-electron chi connectivity index (χ4n) is 2.14. The number of nitrogens with zero attached hydrogens (tertiary/aromatic N) is 1. The monoisotopic (exact) mass is 188 g/mol. The van der Waals surface area contributed by atoms with E-state index < -0.39 is 11.0 Å². The lowest BCUT2D eigenvalue weighted by atomic mass is 10.1. The van der Waals surface area contributed by atoms with Gasteiger partial charge in [-0.25, -0.2) is 8.51 Å². The maximum atomic E-state index is 11.2. The lowest BCUT2D eigenvalue weighted by molar-refractivity contribution is 0.409. The van der Waals surface area contributed by atoms with Crippen molar-refractivity contribution in [2.45, 2.75) is 31.3 Å². The molecular formula is C8H16N2OS. The maximum absolute atomic E-state index is 11.2. The molecule has 3 nitrogen and oxygen atoms in total. The van der Waals surface area contributed by atoms with Gasteiger partial charge in [0.1, 0.15) is 0 Å². The molecule has 2 aliphatic heterocycles. The van der Waals surface area contributed by atoms with Gasteiger partial charge in [-0.3, -0.25) is 0 Å². The van der Waals surface area contributed by atoms with Crippen molar-refractivity contribution in [3.63, 3.8) is 0 Å². The second kappa shape index (κ2) is 3.44. The highest BCUT2D eigenvalue weighted by Crippen LogP contribution is 2.20. The Balaban J connectivity index is 2.00. The van der Waals surface area contributed by atoms with Crippen LogP contribution in [0, 0.1) is 0 Å². The Kier molecular flexibility index (Phi) is 2.48. The van der Waals surface area contributed by atoms with Crippen molar-refractivity contribution in [1.82, 2.24) is 9.62 Å². The minimum Gasteiger partial charge on any atom is -0.310 e. The van der Waals surface area contributed by atoms with Crippen LogP contribution in [0.4, 0.5) is 0 Å². The van der Waals surface area contributed by atoms with Crippen molar-refractivity contribution in [1.29, 1.82) is 0 Å². The Labute approximate surface area is 76.1 Å². The molecule has 0 saturated carbocycles. The number of hydrogen-bond acceptors (Lipinski definition) is 2. The summed E-state index contributed by atoms with van der Waals surface area (Å²) >= 11 is 0. The zero-order valence-corrected chi connectivity index (χ0v) is 8.27. The van der Waals surface area contributed by atoms with Gasteiger partial charge >= 0.3 is 0 Å². The van der Waals surface area contributed by atoms with Crippen molar-refractivity contribution in [2.75, 3.05) is 19.3 Å². The molecule has 0 spiro atoms. The molecule has 70 valence electrons. The fourth-order valence-corrected chi connectivity index (χ4v) is 2.90. The summed E-state index contributed by atoms with van der Waals surface area (Å²) in [6, 6.07) is 1.30. The van der Waals surface area contributed by atoms with Crippen LogP contribution in [0.1, 0.15) is 19.3 Å². The standard InChI is InChI=1S/C8H16N2OS/c1-12(11)10-5-4-7-2-3-8(6-10)9-7/h7-9H,2-6H2,1H3. The van der Waals surface area contributed by atoms with E-state index in [1.54, 1.807) is 6.26 Å². The Morgan fingerprint density at radius 1 is 1.33 bits per heavy atom. The zero-order chi connectivity index (χ0) is 8.55. The summed E-state index contributed by atoms with van der Waals surface area (Å²) < 4.78 is 13.3. The van der Waals surface area contributed by atoms with E-state index in [0.29, 0.717) is 12.1 Å². The average molecular weight is 188 g/mol. The molecule has 1 N–H and O–H groups in total. The first kappa shape index (κ1) is 8.66. The van der Waals surface area contributed by atoms with E-state index in [1.165, 1.54) is 12.8 Å². The van der Waals surface area contributed by atoms with Crippen molar-refractivity contribution < 1.29 is 4.21 Å². The van der Waals surface area contributed by atoms with E-state index in [0.717, 1.165) is 19.5 Å². The van der Waals surface area contributed by atoms with E-state index in [-0.39, 0.29) is 0 Å². The van der Waals surface area contributed by atoms with Gasteiger partial charge in [0.25, 0.3) is 0 Å². The molecule has 3 unspecified atom stereocenters. The summed E-state index contributed by atoms with van der Waals surface area (Å²) in [5, 5.41) is 3.56. The number of rotatable bonds is 1. The van der Waals surface area contributed by atoms with Crippen LogP contribution in [-0.2, 0) is 11.0 Å². The minimum atomic E-state index is -0.772. The van der Waals surface area contributed by atoms with E-state index in [1.807, 2.05) is 0 Å². The molecule has 0 aliphatic carbocycles. The van der Waals surface area contributed by atoms with E-state index in [2.05, 4.69) is 9.62 Å². The molecule has 0 aromatic rings. The van der Waals surface area contributed by atoms with Gasteiger partial charge < -0.3 is 5.32 Å². The number of nitrogens with one attached hydrogen (secondary N) is 1. The van der Waals surface area contributed by atoms with Crippen LogP contribution in [-0.4, -0.2) is 39.9 Å². The molecule has 2 heterocycles. The third-order valence-corrected chi connectivity index (χ3v) is 3.91. The second-order valence-corrected chi connectivity index (χ2v) is 5.10. The number of fused-ring (bicyclic) bond motifs is 2. The maximum Gasteiger partial charge on any atom is 0.0911 e. The van der Waals surface area contributed by atoms with Crippen molar-refractivity contribution in [3.05, 3.63) is 0 Å². The average Bonchev–Trinajstić information content (AvgIpc) is 2.29. The van der Waals surface area contributed by atoms with Gasteiger partial charge in [-0.15, -0.1) is 0 Å². The van der Waals surface area contributed by atoms with Gasteiger partial charge in [0.15, 0.2) is 0 Å². The lowest BCUT2D eigenvalue weighted by Gasteiger charge is -2.20. The first-order valence-corrected chi connectivity index (χ1v) is 6.12.